The van der Waals surface area contributed by atoms with Gasteiger partial charge in [-0.05, 0) is 35.9 Å². The first-order valence-electron chi connectivity index (χ1n) is 6.43. The van der Waals surface area contributed by atoms with Crippen molar-refractivity contribution in [2.45, 2.75) is 12.5 Å². The summed E-state index contributed by atoms with van der Waals surface area (Å²) >= 11 is 5.96. The van der Waals surface area contributed by atoms with E-state index in [1.165, 1.54) is 0 Å². The SMILES string of the molecule is CN(C(=O)C1Cc2cc(Cl)ccc2O1)c1ccccc1. The molecule has 3 rings (SSSR count). The van der Waals surface area contributed by atoms with Crippen LogP contribution in [0.4, 0.5) is 5.69 Å². The fraction of sp³-hybridized carbons (Fsp3) is 0.188. The summed E-state index contributed by atoms with van der Waals surface area (Å²) in [6.45, 7) is 0. The van der Waals surface area contributed by atoms with Gasteiger partial charge in [0.2, 0.25) is 0 Å². The summed E-state index contributed by atoms with van der Waals surface area (Å²) in [6, 6.07) is 15.0. The van der Waals surface area contributed by atoms with Gasteiger partial charge >= 0.3 is 0 Å². The van der Waals surface area contributed by atoms with Crippen molar-refractivity contribution in [3.05, 3.63) is 59.1 Å². The van der Waals surface area contributed by atoms with Gasteiger partial charge in [0, 0.05) is 24.2 Å². The number of anilines is 1. The lowest BCUT2D eigenvalue weighted by molar-refractivity contribution is -0.124. The van der Waals surface area contributed by atoms with Crippen LogP contribution in [-0.2, 0) is 11.2 Å². The van der Waals surface area contributed by atoms with Crippen LogP contribution >= 0.6 is 11.6 Å². The molecule has 2 aromatic carbocycles. The Morgan fingerprint density at radius 1 is 1.25 bits per heavy atom. The molecule has 1 aliphatic rings. The van der Waals surface area contributed by atoms with E-state index in [0.29, 0.717) is 11.4 Å². The molecule has 3 nitrogen and oxygen atoms in total. The van der Waals surface area contributed by atoms with E-state index in [0.717, 1.165) is 17.0 Å². The second-order valence-corrected chi connectivity index (χ2v) is 5.23. The zero-order valence-corrected chi connectivity index (χ0v) is 11.8. The van der Waals surface area contributed by atoms with Crippen LogP contribution in [0, 0.1) is 0 Å². The number of halogens is 1. The van der Waals surface area contributed by atoms with Gasteiger partial charge in [-0.2, -0.15) is 0 Å². The molecule has 0 radical (unpaired) electrons. The molecule has 0 saturated heterocycles. The van der Waals surface area contributed by atoms with Gasteiger partial charge in [-0.25, -0.2) is 0 Å². The van der Waals surface area contributed by atoms with E-state index >= 15 is 0 Å². The summed E-state index contributed by atoms with van der Waals surface area (Å²) in [5.74, 6) is 0.692. The summed E-state index contributed by atoms with van der Waals surface area (Å²) in [5, 5.41) is 0.664. The van der Waals surface area contributed by atoms with E-state index in [4.69, 9.17) is 16.3 Å². The zero-order valence-electron chi connectivity index (χ0n) is 11.0. The van der Waals surface area contributed by atoms with Crippen molar-refractivity contribution in [1.82, 2.24) is 0 Å². The summed E-state index contributed by atoms with van der Waals surface area (Å²) in [4.78, 5) is 14.1. The largest absolute Gasteiger partial charge is 0.480 e. The number of hydrogen-bond donors (Lipinski definition) is 0. The maximum Gasteiger partial charge on any atom is 0.268 e. The smallest absolute Gasteiger partial charge is 0.268 e. The van der Waals surface area contributed by atoms with Gasteiger partial charge in [0.05, 0.1) is 0 Å². The zero-order chi connectivity index (χ0) is 14.1. The van der Waals surface area contributed by atoms with Crippen LogP contribution in [0.3, 0.4) is 0 Å². The quantitative estimate of drug-likeness (QED) is 0.848. The lowest BCUT2D eigenvalue weighted by Crippen LogP contribution is -2.39. The van der Waals surface area contributed by atoms with Crippen molar-refractivity contribution in [2.75, 3.05) is 11.9 Å². The maximum atomic E-state index is 12.5. The Labute approximate surface area is 122 Å². The molecule has 0 N–H and O–H groups in total. The Kier molecular flexibility index (Phi) is 3.36. The predicted molar refractivity (Wildman–Crippen MR) is 79.4 cm³/mol. The molecular formula is C16H14ClNO2. The number of amides is 1. The third-order valence-corrected chi connectivity index (χ3v) is 3.68. The number of para-hydroxylation sites is 1. The minimum Gasteiger partial charge on any atom is -0.480 e. The number of likely N-dealkylation sites (N-methyl/N-ethyl adjacent to an activating group) is 1. The van der Waals surface area contributed by atoms with E-state index < -0.39 is 6.10 Å². The molecule has 1 aliphatic heterocycles. The molecule has 1 atom stereocenters. The van der Waals surface area contributed by atoms with Crippen LogP contribution in [0.2, 0.25) is 5.02 Å². The second-order valence-electron chi connectivity index (χ2n) is 4.80. The lowest BCUT2D eigenvalue weighted by atomic mass is 10.1. The Morgan fingerprint density at radius 3 is 2.75 bits per heavy atom. The first-order chi connectivity index (χ1) is 9.65. The molecule has 1 unspecified atom stereocenters. The van der Waals surface area contributed by atoms with Gasteiger partial charge < -0.3 is 9.64 Å². The summed E-state index contributed by atoms with van der Waals surface area (Å²) in [5.41, 5.74) is 1.84. The number of ether oxygens (including phenoxy) is 1. The second kappa shape index (κ2) is 5.17. The average molecular weight is 288 g/mol. The van der Waals surface area contributed by atoms with Gasteiger partial charge in [0.15, 0.2) is 6.10 Å². The number of carbonyl (C=O) groups is 1. The highest BCUT2D eigenvalue weighted by Gasteiger charge is 2.31. The van der Waals surface area contributed by atoms with E-state index in [-0.39, 0.29) is 5.91 Å². The fourth-order valence-corrected chi connectivity index (χ4v) is 2.54. The molecule has 1 heterocycles. The van der Waals surface area contributed by atoms with Crippen molar-refractivity contribution < 1.29 is 9.53 Å². The van der Waals surface area contributed by atoms with E-state index in [9.17, 15) is 4.79 Å². The number of fused-ring (bicyclic) bond motifs is 1. The van der Waals surface area contributed by atoms with Crippen molar-refractivity contribution in [3.8, 4) is 5.75 Å². The fourth-order valence-electron chi connectivity index (χ4n) is 2.35. The molecule has 0 aliphatic carbocycles. The highest BCUT2D eigenvalue weighted by Crippen LogP contribution is 2.32. The normalized spacial score (nSPS) is 16.4. The van der Waals surface area contributed by atoms with Crippen molar-refractivity contribution in [3.63, 3.8) is 0 Å². The van der Waals surface area contributed by atoms with Crippen molar-refractivity contribution in [2.24, 2.45) is 0 Å². The third kappa shape index (κ3) is 2.37. The molecule has 20 heavy (non-hydrogen) atoms. The van der Waals surface area contributed by atoms with Crippen LogP contribution in [0.1, 0.15) is 5.56 Å². The molecular weight excluding hydrogens is 274 g/mol. The summed E-state index contributed by atoms with van der Waals surface area (Å²) in [7, 11) is 1.76. The Hall–Kier alpha value is -2.00. The van der Waals surface area contributed by atoms with Crippen LogP contribution in [0.5, 0.6) is 5.75 Å². The predicted octanol–water partition coefficient (Wildman–Crippen LogP) is 3.31. The highest BCUT2D eigenvalue weighted by molar-refractivity contribution is 6.30. The van der Waals surface area contributed by atoms with Gasteiger partial charge in [-0.3, -0.25) is 4.79 Å². The number of hydrogen-bond acceptors (Lipinski definition) is 2. The standard InChI is InChI=1S/C16H14ClNO2/c1-18(13-5-3-2-4-6-13)16(19)15-10-11-9-12(17)7-8-14(11)20-15/h2-9,15H,10H2,1H3. The summed E-state index contributed by atoms with van der Waals surface area (Å²) < 4.78 is 5.72. The van der Waals surface area contributed by atoms with Crippen molar-refractivity contribution >= 4 is 23.2 Å². The molecule has 0 aromatic heterocycles. The van der Waals surface area contributed by atoms with Gasteiger partial charge in [0.25, 0.3) is 5.91 Å². The third-order valence-electron chi connectivity index (χ3n) is 3.45. The monoisotopic (exact) mass is 287 g/mol. The van der Waals surface area contributed by atoms with E-state index in [2.05, 4.69) is 0 Å². The van der Waals surface area contributed by atoms with Crippen LogP contribution in [0.25, 0.3) is 0 Å². The Bertz CT molecular complexity index is 642. The first kappa shape index (κ1) is 13.0. The molecule has 2 aromatic rings. The minimum atomic E-state index is -0.478. The Balaban J connectivity index is 1.77. The van der Waals surface area contributed by atoms with Crippen LogP contribution in [0.15, 0.2) is 48.5 Å². The van der Waals surface area contributed by atoms with Gasteiger partial charge in [-0.15, -0.1) is 0 Å². The lowest BCUT2D eigenvalue weighted by Gasteiger charge is -2.20. The average Bonchev–Trinajstić information content (AvgIpc) is 2.89. The molecule has 1 amide bonds. The minimum absolute atomic E-state index is 0.0523. The van der Waals surface area contributed by atoms with Crippen LogP contribution < -0.4 is 9.64 Å². The molecule has 0 bridgehead atoms. The van der Waals surface area contributed by atoms with Crippen LogP contribution in [-0.4, -0.2) is 19.1 Å². The number of benzene rings is 2. The number of rotatable bonds is 2. The molecule has 102 valence electrons. The summed E-state index contributed by atoms with van der Waals surface area (Å²) in [6.07, 6.45) is 0.0833. The first-order valence-corrected chi connectivity index (χ1v) is 6.80. The van der Waals surface area contributed by atoms with Gasteiger partial charge in [-0.1, -0.05) is 29.8 Å². The topological polar surface area (TPSA) is 29.5 Å². The highest BCUT2D eigenvalue weighted by atomic mass is 35.5. The maximum absolute atomic E-state index is 12.5. The molecule has 4 heteroatoms. The molecule has 0 fully saturated rings. The van der Waals surface area contributed by atoms with E-state index in [1.807, 2.05) is 42.5 Å². The van der Waals surface area contributed by atoms with Crippen molar-refractivity contribution in [1.29, 1.82) is 0 Å². The number of nitrogens with zero attached hydrogens (tertiary/aromatic N) is 1. The Morgan fingerprint density at radius 2 is 2.00 bits per heavy atom. The molecule has 0 saturated carbocycles. The van der Waals surface area contributed by atoms with Gasteiger partial charge in [0.1, 0.15) is 5.75 Å². The number of carbonyl (C=O) groups excluding carboxylic acids is 1. The van der Waals surface area contributed by atoms with E-state index in [1.54, 1.807) is 18.0 Å². The molecule has 0 spiro atoms.